The first kappa shape index (κ1) is 19.7. The van der Waals surface area contributed by atoms with Gasteiger partial charge in [0.1, 0.15) is 5.82 Å². The van der Waals surface area contributed by atoms with Gasteiger partial charge in [0.2, 0.25) is 11.8 Å². The van der Waals surface area contributed by atoms with E-state index in [1.54, 1.807) is 31.1 Å². The van der Waals surface area contributed by atoms with Crippen LogP contribution >= 0.6 is 0 Å². The first-order valence-electron chi connectivity index (χ1n) is 8.86. The molecule has 0 spiro atoms. The number of hydrogen-bond acceptors (Lipinski definition) is 4. The number of nitrogens with zero attached hydrogens (tertiary/aromatic N) is 3. The molecule has 0 unspecified atom stereocenters. The Morgan fingerprint density at radius 1 is 1.38 bits per heavy atom. The summed E-state index contributed by atoms with van der Waals surface area (Å²) in [7, 11) is 3.36. The van der Waals surface area contributed by atoms with Crippen LogP contribution in [0.1, 0.15) is 31.2 Å². The van der Waals surface area contributed by atoms with Gasteiger partial charge in [0.15, 0.2) is 0 Å². The van der Waals surface area contributed by atoms with Crippen molar-refractivity contribution in [1.29, 1.82) is 5.26 Å². The number of carbonyl (C=O) groups is 2. The van der Waals surface area contributed by atoms with Gasteiger partial charge in [-0.15, -0.1) is 0 Å². The Hall–Kier alpha value is -2.62. The van der Waals surface area contributed by atoms with Gasteiger partial charge < -0.3 is 15.1 Å². The largest absolute Gasteiger partial charge is 0.369 e. The van der Waals surface area contributed by atoms with E-state index in [1.807, 2.05) is 11.0 Å². The first-order valence-corrected chi connectivity index (χ1v) is 8.86. The molecule has 140 valence electrons. The van der Waals surface area contributed by atoms with Crippen LogP contribution in [0.5, 0.6) is 0 Å². The predicted molar refractivity (Wildman–Crippen MR) is 97.0 cm³/mol. The number of benzene rings is 1. The quantitative estimate of drug-likeness (QED) is 0.841. The van der Waals surface area contributed by atoms with Gasteiger partial charge in [0.25, 0.3) is 0 Å². The number of nitriles is 1. The topological polar surface area (TPSA) is 76.4 Å². The molecule has 2 rings (SSSR count). The standard InChI is InChI=1S/C19H25FN4O2/c1-22-18(25)4-3-9-23(2)19(26)15-7-10-24(11-8-15)17-6-5-14(13-21)12-16(17)20/h5-6,12,15H,3-4,7-11H2,1-2H3,(H,22,25). The zero-order chi connectivity index (χ0) is 19.1. The van der Waals surface area contributed by atoms with Crippen molar-refractivity contribution in [2.24, 2.45) is 5.92 Å². The molecular weight excluding hydrogens is 335 g/mol. The summed E-state index contributed by atoms with van der Waals surface area (Å²) in [5.74, 6) is -0.414. The number of hydrogen-bond donors (Lipinski definition) is 1. The third-order valence-electron chi connectivity index (χ3n) is 4.81. The number of nitrogens with one attached hydrogen (secondary N) is 1. The first-order chi connectivity index (χ1) is 12.5. The molecule has 0 saturated carbocycles. The molecule has 1 aliphatic rings. The molecule has 0 radical (unpaired) electrons. The maximum atomic E-state index is 14.1. The fraction of sp³-hybridized carbons (Fsp3) is 0.526. The van der Waals surface area contributed by atoms with Crippen LogP contribution in [0, 0.1) is 23.1 Å². The van der Waals surface area contributed by atoms with E-state index in [-0.39, 0.29) is 17.7 Å². The normalized spacial score (nSPS) is 14.6. The zero-order valence-electron chi connectivity index (χ0n) is 15.3. The summed E-state index contributed by atoms with van der Waals surface area (Å²) in [5, 5.41) is 11.4. The average Bonchev–Trinajstić information content (AvgIpc) is 2.67. The smallest absolute Gasteiger partial charge is 0.225 e. The van der Waals surface area contributed by atoms with Gasteiger partial charge in [-0.3, -0.25) is 9.59 Å². The number of anilines is 1. The summed E-state index contributed by atoms with van der Waals surface area (Å²) in [4.78, 5) is 27.4. The number of piperidine rings is 1. The van der Waals surface area contributed by atoms with Crippen molar-refractivity contribution in [3.8, 4) is 6.07 Å². The SMILES string of the molecule is CNC(=O)CCCN(C)C(=O)C1CCN(c2ccc(C#N)cc2F)CC1. The highest BCUT2D eigenvalue weighted by atomic mass is 19.1. The van der Waals surface area contributed by atoms with Gasteiger partial charge in [-0.25, -0.2) is 4.39 Å². The Kier molecular flexibility index (Phi) is 6.96. The van der Waals surface area contributed by atoms with Crippen molar-refractivity contribution in [2.75, 3.05) is 38.6 Å². The van der Waals surface area contributed by atoms with Crippen LogP contribution < -0.4 is 10.2 Å². The zero-order valence-corrected chi connectivity index (χ0v) is 15.3. The van der Waals surface area contributed by atoms with Gasteiger partial charge in [-0.2, -0.15) is 5.26 Å². The predicted octanol–water partition coefficient (Wildman–Crippen LogP) is 1.90. The summed E-state index contributed by atoms with van der Waals surface area (Å²) in [6, 6.07) is 6.40. The Labute approximate surface area is 153 Å². The molecule has 1 aromatic carbocycles. The highest BCUT2D eigenvalue weighted by molar-refractivity contribution is 5.79. The summed E-state index contributed by atoms with van der Waals surface area (Å²) >= 11 is 0. The lowest BCUT2D eigenvalue weighted by atomic mass is 9.94. The minimum atomic E-state index is -0.403. The van der Waals surface area contributed by atoms with Crippen LogP contribution in [0.25, 0.3) is 0 Å². The Morgan fingerprint density at radius 2 is 2.08 bits per heavy atom. The fourth-order valence-electron chi connectivity index (χ4n) is 3.22. The molecule has 2 amide bonds. The Bertz CT molecular complexity index is 693. The highest BCUT2D eigenvalue weighted by Crippen LogP contribution is 2.27. The molecule has 1 aliphatic heterocycles. The van der Waals surface area contributed by atoms with E-state index in [0.29, 0.717) is 56.6 Å². The summed E-state index contributed by atoms with van der Waals surface area (Å²) in [6.07, 6.45) is 2.37. The molecule has 1 N–H and O–H groups in total. The van der Waals surface area contributed by atoms with E-state index in [1.165, 1.54) is 6.07 Å². The Morgan fingerprint density at radius 3 is 2.65 bits per heavy atom. The fourth-order valence-corrected chi connectivity index (χ4v) is 3.22. The van der Waals surface area contributed by atoms with E-state index >= 15 is 0 Å². The van der Waals surface area contributed by atoms with Crippen molar-refractivity contribution >= 4 is 17.5 Å². The van der Waals surface area contributed by atoms with Crippen LogP contribution in [0.2, 0.25) is 0 Å². The van der Waals surface area contributed by atoms with Crippen molar-refractivity contribution in [1.82, 2.24) is 10.2 Å². The summed E-state index contributed by atoms with van der Waals surface area (Å²) in [5.41, 5.74) is 0.781. The van der Waals surface area contributed by atoms with Gasteiger partial charge in [-0.1, -0.05) is 0 Å². The van der Waals surface area contributed by atoms with Gasteiger partial charge in [0.05, 0.1) is 17.3 Å². The lowest BCUT2D eigenvalue weighted by molar-refractivity contribution is -0.135. The number of carbonyl (C=O) groups excluding carboxylic acids is 2. The number of amides is 2. The molecule has 26 heavy (non-hydrogen) atoms. The van der Waals surface area contributed by atoms with E-state index in [9.17, 15) is 14.0 Å². The molecule has 0 atom stereocenters. The molecule has 1 fully saturated rings. The molecule has 0 bridgehead atoms. The molecule has 1 aromatic rings. The maximum absolute atomic E-state index is 14.1. The van der Waals surface area contributed by atoms with Crippen LogP contribution in [-0.2, 0) is 9.59 Å². The van der Waals surface area contributed by atoms with E-state index in [0.717, 1.165) is 0 Å². The molecule has 1 saturated heterocycles. The van der Waals surface area contributed by atoms with Gasteiger partial charge in [-0.05, 0) is 37.5 Å². The van der Waals surface area contributed by atoms with Crippen LogP contribution in [0.3, 0.4) is 0 Å². The van der Waals surface area contributed by atoms with Crippen molar-refractivity contribution in [3.05, 3.63) is 29.6 Å². The Balaban J connectivity index is 1.84. The lowest BCUT2D eigenvalue weighted by Crippen LogP contribution is -2.42. The minimum absolute atomic E-state index is 0.0244. The second-order valence-corrected chi connectivity index (χ2v) is 6.58. The number of halogens is 1. The van der Waals surface area contributed by atoms with E-state index in [2.05, 4.69) is 5.32 Å². The minimum Gasteiger partial charge on any atom is -0.369 e. The third-order valence-corrected chi connectivity index (χ3v) is 4.81. The molecule has 0 aromatic heterocycles. The monoisotopic (exact) mass is 360 g/mol. The van der Waals surface area contributed by atoms with Crippen molar-refractivity contribution in [3.63, 3.8) is 0 Å². The van der Waals surface area contributed by atoms with Crippen LogP contribution in [-0.4, -0.2) is 50.4 Å². The third kappa shape index (κ3) is 4.94. The molecule has 0 aliphatic carbocycles. The maximum Gasteiger partial charge on any atom is 0.225 e. The van der Waals surface area contributed by atoms with E-state index < -0.39 is 5.82 Å². The van der Waals surface area contributed by atoms with E-state index in [4.69, 9.17) is 5.26 Å². The van der Waals surface area contributed by atoms with Gasteiger partial charge in [0, 0.05) is 46.1 Å². The molecule has 7 heteroatoms. The molecular formula is C19H25FN4O2. The lowest BCUT2D eigenvalue weighted by Gasteiger charge is -2.34. The van der Waals surface area contributed by atoms with Gasteiger partial charge >= 0.3 is 0 Å². The number of rotatable bonds is 6. The summed E-state index contributed by atoms with van der Waals surface area (Å²) in [6.45, 7) is 1.76. The second kappa shape index (κ2) is 9.18. The van der Waals surface area contributed by atoms with Crippen LogP contribution in [0.4, 0.5) is 10.1 Å². The highest BCUT2D eigenvalue weighted by Gasteiger charge is 2.28. The summed E-state index contributed by atoms with van der Waals surface area (Å²) < 4.78 is 14.1. The second-order valence-electron chi connectivity index (χ2n) is 6.58. The average molecular weight is 360 g/mol. The van der Waals surface area contributed by atoms with Crippen molar-refractivity contribution in [2.45, 2.75) is 25.7 Å². The van der Waals surface area contributed by atoms with Crippen molar-refractivity contribution < 1.29 is 14.0 Å². The molecule has 6 nitrogen and oxygen atoms in total. The molecule has 1 heterocycles. The van der Waals surface area contributed by atoms with Crippen LogP contribution in [0.15, 0.2) is 18.2 Å².